The van der Waals surface area contributed by atoms with E-state index < -0.39 is 0 Å². The van der Waals surface area contributed by atoms with Crippen LogP contribution in [0.4, 0.5) is 0 Å². The van der Waals surface area contributed by atoms with Crippen molar-refractivity contribution in [3.63, 3.8) is 0 Å². The van der Waals surface area contributed by atoms with E-state index in [4.69, 9.17) is 4.74 Å². The van der Waals surface area contributed by atoms with Crippen molar-refractivity contribution in [3.8, 4) is 0 Å². The molecule has 3 heterocycles. The van der Waals surface area contributed by atoms with Crippen LogP contribution in [0, 0.1) is 5.92 Å². The summed E-state index contributed by atoms with van der Waals surface area (Å²) in [6.07, 6.45) is 3.87. The number of amides is 1. The molecule has 0 aromatic carbocycles. The van der Waals surface area contributed by atoms with E-state index in [0.717, 1.165) is 34.8 Å². The average molecular weight is 304 g/mol. The van der Waals surface area contributed by atoms with Gasteiger partial charge in [0.15, 0.2) is 0 Å². The summed E-state index contributed by atoms with van der Waals surface area (Å²) in [5, 5.41) is 10.2. The Morgan fingerprint density at radius 3 is 3.10 bits per heavy atom. The van der Waals surface area contributed by atoms with Gasteiger partial charge in [-0.15, -0.1) is 11.3 Å². The molecule has 6 nitrogen and oxygen atoms in total. The van der Waals surface area contributed by atoms with Gasteiger partial charge in [-0.1, -0.05) is 0 Å². The minimum Gasteiger partial charge on any atom is -0.368 e. The van der Waals surface area contributed by atoms with Gasteiger partial charge < -0.3 is 9.64 Å². The summed E-state index contributed by atoms with van der Waals surface area (Å²) in [4.78, 5) is 18.2. The molecule has 0 atom stereocenters. The number of nitrogens with zero attached hydrogens (tertiary/aromatic N) is 3. The zero-order chi connectivity index (χ0) is 14.2. The highest BCUT2D eigenvalue weighted by molar-refractivity contribution is 7.09. The number of aromatic amines is 1. The molecule has 1 fully saturated rings. The molecule has 0 unspecified atom stereocenters. The standard InChI is InChI=1S/C14H16N4O2S/c19-14(9-1-2-9)18-5-10-11(6-18)16-17-12(10)7-20-8-13-15-3-4-21-13/h3-4,9H,1-2,5-8H2,(H,16,17). The zero-order valence-corrected chi connectivity index (χ0v) is 12.4. The van der Waals surface area contributed by atoms with E-state index >= 15 is 0 Å². The first-order chi connectivity index (χ1) is 10.3. The summed E-state index contributed by atoms with van der Waals surface area (Å²) >= 11 is 1.58. The van der Waals surface area contributed by atoms with Crippen LogP contribution in [-0.2, 0) is 35.8 Å². The number of hydrogen-bond donors (Lipinski definition) is 1. The maximum absolute atomic E-state index is 12.1. The van der Waals surface area contributed by atoms with Gasteiger partial charge in [-0.25, -0.2) is 4.98 Å². The van der Waals surface area contributed by atoms with Crippen LogP contribution in [0.25, 0.3) is 0 Å². The molecule has 110 valence electrons. The van der Waals surface area contributed by atoms with Crippen LogP contribution in [0.15, 0.2) is 11.6 Å². The predicted octanol–water partition coefficient (Wildman–Crippen LogP) is 1.84. The van der Waals surface area contributed by atoms with E-state index in [-0.39, 0.29) is 11.8 Å². The maximum Gasteiger partial charge on any atom is 0.226 e. The number of rotatable bonds is 5. The van der Waals surface area contributed by atoms with Crippen molar-refractivity contribution >= 4 is 17.2 Å². The average Bonchev–Trinajstić information content (AvgIpc) is 2.89. The summed E-state index contributed by atoms with van der Waals surface area (Å²) in [6.45, 7) is 2.28. The molecule has 1 aliphatic heterocycles. The van der Waals surface area contributed by atoms with Gasteiger partial charge in [-0.2, -0.15) is 5.10 Å². The molecule has 0 bridgehead atoms. The monoisotopic (exact) mass is 304 g/mol. The number of fused-ring (bicyclic) bond motifs is 1. The van der Waals surface area contributed by atoms with Gasteiger partial charge in [0.25, 0.3) is 0 Å². The highest BCUT2D eigenvalue weighted by Crippen LogP contribution is 2.34. The van der Waals surface area contributed by atoms with E-state index in [9.17, 15) is 4.79 Å². The highest BCUT2D eigenvalue weighted by atomic mass is 32.1. The Morgan fingerprint density at radius 2 is 2.33 bits per heavy atom. The fourth-order valence-corrected chi connectivity index (χ4v) is 3.17. The molecular weight excluding hydrogens is 288 g/mol. The Morgan fingerprint density at radius 1 is 1.43 bits per heavy atom. The van der Waals surface area contributed by atoms with Crippen molar-refractivity contribution in [2.45, 2.75) is 39.1 Å². The third-order valence-electron chi connectivity index (χ3n) is 3.92. The molecule has 21 heavy (non-hydrogen) atoms. The highest BCUT2D eigenvalue weighted by Gasteiger charge is 2.37. The van der Waals surface area contributed by atoms with Crippen molar-refractivity contribution in [1.82, 2.24) is 20.1 Å². The van der Waals surface area contributed by atoms with Gasteiger partial charge in [-0.3, -0.25) is 9.89 Å². The van der Waals surface area contributed by atoms with Crippen molar-refractivity contribution in [2.75, 3.05) is 0 Å². The van der Waals surface area contributed by atoms with Crippen LogP contribution in [0.5, 0.6) is 0 Å². The van der Waals surface area contributed by atoms with E-state index in [1.54, 1.807) is 17.5 Å². The van der Waals surface area contributed by atoms with Gasteiger partial charge in [-0.05, 0) is 12.8 Å². The summed E-state index contributed by atoms with van der Waals surface area (Å²) < 4.78 is 5.67. The van der Waals surface area contributed by atoms with Crippen LogP contribution < -0.4 is 0 Å². The van der Waals surface area contributed by atoms with Gasteiger partial charge in [0.2, 0.25) is 5.91 Å². The topological polar surface area (TPSA) is 71.1 Å². The molecule has 0 radical (unpaired) electrons. The third-order valence-corrected chi connectivity index (χ3v) is 4.68. The molecule has 2 aliphatic rings. The summed E-state index contributed by atoms with van der Waals surface area (Å²) in [5.74, 6) is 0.556. The van der Waals surface area contributed by atoms with Crippen molar-refractivity contribution in [2.24, 2.45) is 5.92 Å². The SMILES string of the molecule is O=C(C1CC1)N1Cc2[nH]nc(COCc3nccs3)c2C1. The lowest BCUT2D eigenvalue weighted by Crippen LogP contribution is -2.27. The molecule has 2 aromatic rings. The fraction of sp³-hybridized carbons (Fsp3) is 0.500. The first-order valence-corrected chi connectivity index (χ1v) is 7.99. The van der Waals surface area contributed by atoms with Crippen LogP contribution >= 0.6 is 11.3 Å². The van der Waals surface area contributed by atoms with Crippen LogP contribution in [0.1, 0.15) is 34.8 Å². The smallest absolute Gasteiger partial charge is 0.226 e. The number of carbonyl (C=O) groups excluding carboxylic acids is 1. The second kappa shape index (κ2) is 5.23. The lowest BCUT2D eigenvalue weighted by atomic mass is 10.2. The maximum atomic E-state index is 12.1. The Hall–Kier alpha value is -1.73. The molecule has 7 heteroatoms. The zero-order valence-electron chi connectivity index (χ0n) is 11.5. The molecular formula is C14H16N4O2S. The number of ether oxygens (including phenoxy) is 1. The van der Waals surface area contributed by atoms with Gasteiger partial charge >= 0.3 is 0 Å². The summed E-state index contributed by atoms with van der Waals surface area (Å²) in [7, 11) is 0. The van der Waals surface area contributed by atoms with Gasteiger partial charge in [0.05, 0.1) is 31.1 Å². The van der Waals surface area contributed by atoms with Crippen molar-refractivity contribution < 1.29 is 9.53 Å². The second-order valence-corrected chi connectivity index (χ2v) is 6.49. The number of H-pyrrole nitrogens is 1. The van der Waals surface area contributed by atoms with Crippen LogP contribution in [-0.4, -0.2) is 26.0 Å². The normalized spacial score (nSPS) is 17.2. The lowest BCUT2D eigenvalue weighted by molar-refractivity contribution is -0.133. The fourth-order valence-electron chi connectivity index (χ4n) is 2.62. The molecule has 1 saturated carbocycles. The number of thiazole rings is 1. The van der Waals surface area contributed by atoms with Crippen molar-refractivity contribution in [1.29, 1.82) is 0 Å². The predicted molar refractivity (Wildman–Crippen MR) is 76.2 cm³/mol. The molecule has 1 amide bonds. The van der Waals surface area contributed by atoms with E-state index in [1.165, 1.54) is 0 Å². The quantitative estimate of drug-likeness (QED) is 0.915. The molecule has 2 aromatic heterocycles. The third kappa shape index (κ3) is 2.58. The Balaban J connectivity index is 1.37. The van der Waals surface area contributed by atoms with Gasteiger partial charge in [0.1, 0.15) is 5.01 Å². The molecule has 1 N–H and O–H groups in total. The van der Waals surface area contributed by atoms with E-state index in [0.29, 0.717) is 26.3 Å². The van der Waals surface area contributed by atoms with Gasteiger partial charge in [0, 0.05) is 29.6 Å². The second-order valence-electron chi connectivity index (χ2n) is 5.51. The Labute approximate surface area is 126 Å². The lowest BCUT2D eigenvalue weighted by Gasteiger charge is -2.15. The molecule has 0 saturated heterocycles. The number of nitrogens with one attached hydrogen (secondary N) is 1. The van der Waals surface area contributed by atoms with Crippen LogP contribution in [0.2, 0.25) is 0 Å². The molecule has 1 aliphatic carbocycles. The summed E-state index contributed by atoms with van der Waals surface area (Å²) in [6, 6.07) is 0. The molecule has 0 spiro atoms. The largest absolute Gasteiger partial charge is 0.368 e. The first kappa shape index (κ1) is 13.0. The first-order valence-electron chi connectivity index (χ1n) is 7.11. The Kier molecular flexibility index (Phi) is 3.23. The van der Waals surface area contributed by atoms with Crippen LogP contribution in [0.3, 0.4) is 0 Å². The number of hydrogen-bond acceptors (Lipinski definition) is 5. The minimum atomic E-state index is 0.270. The Bertz CT molecular complexity index is 648. The number of aromatic nitrogens is 3. The van der Waals surface area contributed by atoms with E-state index in [1.807, 2.05) is 10.3 Å². The van der Waals surface area contributed by atoms with Crippen molar-refractivity contribution in [3.05, 3.63) is 33.5 Å². The van der Waals surface area contributed by atoms with E-state index in [2.05, 4.69) is 15.2 Å². The minimum absolute atomic E-state index is 0.270. The molecule has 4 rings (SSSR count). The summed E-state index contributed by atoms with van der Waals surface area (Å²) in [5.41, 5.74) is 3.09. The number of carbonyl (C=O) groups is 1.